The van der Waals surface area contributed by atoms with E-state index in [4.69, 9.17) is 45.3 Å². The molecule has 2 aromatic carbocycles. The first-order valence-electron chi connectivity index (χ1n) is 7.53. The summed E-state index contributed by atoms with van der Waals surface area (Å²) < 4.78 is 5.63. The highest BCUT2D eigenvalue weighted by Gasteiger charge is 2.10. The Hall–Kier alpha value is -2.28. The van der Waals surface area contributed by atoms with Crippen molar-refractivity contribution in [3.63, 3.8) is 0 Å². The number of hydrogen-bond donors (Lipinski definition) is 2. The molecule has 3 rings (SSSR count). The van der Waals surface area contributed by atoms with Crippen LogP contribution in [-0.4, -0.2) is 15.0 Å². The molecule has 1 aromatic heterocycles. The van der Waals surface area contributed by atoms with Gasteiger partial charge in [-0.2, -0.15) is 15.0 Å². The number of benzene rings is 2. The van der Waals surface area contributed by atoms with Crippen molar-refractivity contribution in [2.45, 2.75) is 13.5 Å². The number of rotatable bonds is 5. The van der Waals surface area contributed by atoms with Gasteiger partial charge in [-0.05, 0) is 24.6 Å². The normalized spacial score (nSPS) is 10.6. The predicted octanol–water partition coefficient (Wildman–Crippen LogP) is 5.05. The molecule has 3 N–H and O–H groups in total. The van der Waals surface area contributed by atoms with E-state index >= 15 is 0 Å². The molecule has 0 bridgehead atoms. The molecular formula is C17H14Cl3N5O. The van der Waals surface area contributed by atoms with Gasteiger partial charge < -0.3 is 15.8 Å². The molecule has 0 spiro atoms. The summed E-state index contributed by atoms with van der Waals surface area (Å²) in [5.74, 6) is 1.12. The Bertz CT molecular complexity index is 952. The molecule has 0 aliphatic rings. The maximum atomic E-state index is 6.10. The number of ether oxygens (including phenoxy) is 1. The van der Waals surface area contributed by atoms with Crippen molar-refractivity contribution < 1.29 is 4.74 Å². The molecular weight excluding hydrogens is 397 g/mol. The Labute approximate surface area is 165 Å². The van der Waals surface area contributed by atoms with Crippen LogP contribution in [0.25, 0.3) is 0 Å². The highest BCUT2D eigenvalue weighted by molar-refractivity contribution is 6.43. The Morgan fingerprint density at radius 2 is 1.73 bits per heavy atom. The SMILES string of the molecule is Cc1ccccc1Nc1nc(N)nc(COc2cc(Cl)c(Cl)cc2Cl)n1. The number of hydrogen-bond acceptors (Lipinski definition) is 6. The topological polar surface area (TPSA) is 86.0 Å². The van der Waals surface area contributed by atoms with E-state index in [1.54, 1.807) is 0 Å². The number of nitrogens with two attached hydrogens (primary N) is 1. The van der Waals surface area contributed by atoms with Gasteiger partial charge in [-0.15, -0.1) is 0 Å². The molecule has 0 aliphatic carbocycles. The first-order valence-corrected chi connectivity index (χ1v) is 8.66. The Kier molecular flexibility index (Phi) is 5.66. The Morgan fingerprint density at radius 3 is 2.50 bits per heavy atom. The van der Waals surface area contributed by atoms with Gasteiger partial charge in [-0.3, -0.25) is 0 Å². The smallest absolute Gasteiger partial charge is 0.232 e. The molecule has 0 aliphatic heterocycles. The van der Waals surface area contributed by atoms with Crippen LogP contribution in [0.5, 0.6) is 5.75 Å². The molecule has 134 valence electrons. The van der Waals surface area contributed by atoms with Gasteiger partial charge in [0, 0.05) is 11.8 Å². The third-order valence-electron chi connectivity index (χ3n) is 3.42. The molecule has 0 fully saturated rings. The zero-order valence-corrected chi connectivity index (χ0v) is 15.9. The molecule has 6 nitrogen and oxygen atoms in total. The van der Waals surface area contributed by atoms with Crippen LogP contribution in [0.4, 0.5) is 17.6 Å². The van der Waals surface area contributed by atoms with Gasteiger partial charge in [0.25, 0.3) is 0 Å². The second kappa shape index (κ2) is 7.95. The lowest BCUT2D eigenvalue weighted by Crippen LogP contribution is -2.09. The van der Waals surface area contributed by atoms with Crippen LogP contribution in [0.15, 0.2) is 36.4 Å². The van der Waals surface area contributed by atoms with Gasteiger partial charge in [0.15, 0.2) is 5.82 Å². The zero-order chi connectivity index (χ0) is 18.7. The average Bonchev–Trinajstić information content (AvgIpc) is 2.58. The molecule has 0 saturated heterocycles. The highest BCUT2D eigenvalue weighted by atomic mass is 35.5. The van der Waals surface area contributed by atoms with E-state index in [1.807, 2.05) is 31.2 Å². The number of nitrogens with zero attached hydrogens (tertiary/aromatic N) is 3. The summed E-state index contributed by atoms with van der Waals surface area (Å²) in [6, 6.07) is 10.8. The second-order valence-corrected chi connectivity index (χ2v) is 6.58. The Morgan fingerprint density at radius 1 is 1.00 bits per heavy atom. The van der Waals surface area contributed by atoms with Crippen molar-refractivity contribution in [1.82, 2.24) is 15.0 Å². The summed E-state index contributed by atoms with van der Waals surface area (Å²) in [5.41, 5.74) is 7.69. The van der Waals surface area contributed by atoms with Crippen LogP contribution in [-0.2, 0) is 6.61 Å². The van der Waals surface area contributed by atoms with Gasteiger partial charge in [-0.1, -0.05) is 53.0 Å². The minimum Gasteiger partial charge on any atom is -0.484 e. The lowest BCUT2D eigenvalue weighted by Gasteiger charge is -2.11. The minimum atomic E-state index is 0.0346. The number of aryl methyl sites for hydroxylation is 1. The van der Waals surface area contributed by atoms with E-state index in [0.717, 1.165) is 11.3 Å². The molecule has 0 unspecified atom stereocenters. The number of halogens is 3. The molecule has 0 atom stereocenters. The average molecular weight is 411 g/mol. The molecule has 1 heterocycles. The summed E-state index contributed by atoms with van der Waals surface area (Å²) in [5, 5.41) is 4.13. The maximum Gasteiger partial charge on any atom is 0.232 e. The van der Waals surface area contributed by atoms with Crippen molar-refractivity contribution in [3.8, 4) is 5.75 Å². The van der Waals surface area contributed by atoms with E-state index in [2.05, 4.69) is 20.3 Å². The molecule has 0 amide bonds. The van der Waals surface area contributed by atoms with E-state index < -0.39 is 0 Å². The summed E-state index contributed by atoms with van der Waals surface area (Å²) in [7, 11) is 0. The van der Waals surface area contributed by atoms with E-state index in [9.17, 15) is 0 Å². The summed E-state index contributed by atoms with van der Waals surface area (Å²) in [4.78, 5) is 12.5. The van der Waals surface area contributed by atoms with E-state index in [1.165, 1.54) is 12.1 Å². The summed E-state index contributed by atoms with van der Waals surface area (Å²) in [6.07, 6.45) is 0. The fraction of sp³-hybridized carbons (Fsp3) is 0.118. The van der Waals surface area contributed by atoms with Crippen LogP contribution in [0.3, 0.4) is 0 Å². The number of anilines is 3. The monoisotopic (exact) mass is 409 g/mol. The quantitative estimate of drug-likeness (QED) is 0.573. The second-order valence-electron chi connectivity index (χ2n) is 5.36. The van der Waals surface area contributed by atoms with Gasteiger partial charge in [0.05, 0.1) is 15.1 Å². The lowest BCUT2D eigenvalue weighted by atomic mass is 10.2. The van der Waals surface area contributed by atoms with Crippen molar-refractivity contribution in [2.24, 2.45) is 0 Å². The third kappa shape index (κ3) is 4.46. The van der Waals surface area contributed by atoms with Crippen molar-refractivity contribution in [1.29, 1.82) is 0 Å². The zero-order valence-electron chi connectivity index (χ0n) is 13.6. The van der Waals surface area contributed by atoms with Crippen molar-refractivity contribution in [3.05, 3.63) is 62.9 Å². The highest BCUT2D eigenvalue weighted by Crippen LogP contribution is 2.34. The van der Waals surface area contributed by atoms with Gasteiger partial charge >= 0.3 is 0 Å². The summed E-state index contributed by atoms with van der Waals surface area (Å²) in [6.45, 7) is 2.01. The molecule has 0 saturated carbocycles. The van der Waals surface area contributed by atoms with Crippen LogP contribution in [0.1, 0.15) is 11.4 Å². The fourth-order valence-corrected chi connectivity index (χ4v) is 2.74. The van der Waals surface area contributed by atoms with Crippen LogP contribution in [0.2, 0.25) is 15.1 Å². The number of nitrogens with one attached hydrogen (secondary N) is 1. The van der Waals surface area contributed by atoms with Crippen LogP contribution in [0, 0.1) is 6.92 Å². The van der Waals surface area contributed by atoms with Gasteiger partial charge in [-0.25, -0.2) is 0 Å². The Balaban J connectivity index is 1.78. The molecule has 3 aromatic rings. The largest absolute Gasteiger partial charge is 0.484 e. The molecule has 26 heavy (non-hydrogen) atoms. The first kappa shape index (κ1) is 18.5. The third-order valence-corrected chi connectivity index (χ3v) is 4.44. The minimum absolute atomic E-state index is 0.0346. The van der Waals surface area contributed by atoms with E-state index in [-0.39, 0.29) is 12.6 Å². The van der Waals surface area contributed by atoms with Gasteiger partial charge in [0.2, 0.25) is 11.9 Å². The van der Waals surface area contributed by atoms with Crippen molar-refractivity contribution in [2.75, 3.05) is 11.1 Å². The fourth-order valence-electron chi connectivity index (χ4n) is 2.15. The number of nitrogen functional groups attached to an aromatic ring is 1. The standard InChI is InChI=1S/C17H14Cl3N5O/c1-9-4-2-3-5-13(9)22-17-24-15(23-16(21)25-17)8-26-14-7-11(19)10(18)6-12(14)20/h2-7H,8H2,1H3,(H3,21,22,23,24,25). The molecule has 9 heteroatoms. The van der Waals surface area contributed by atoms with Gasteiger partial charge in [0.1, 0.15) is 12.4 Å². The van der Waals surface area contributed by atoms with E-state index in [0.29, 0.717) is 32.6 Å². The van der Waals surface area contributed by atoms with Crippen LogP contribution < -0.4 is 15.8 Å². The lowest BCUT2D eigenvalue weighted by molar-refractivity contribution is 0.296. The predicted molar refractivity (Wildman–Crippen MR) is 105 cm³/mol. The number of para-hydroxylation sites is 1. The first-order chi connectivity index (χ1) is 12.4. The van der Waals surface area contributed by atoms with Crippen molar-refractivity contribution >= 4 is 52.4 Å². The van der Waals surface area contributed by atoms with Crippen LogP contribution >= 0.6 is 34.8 Å². The maximum absolute atomic E-state index is 6.10. The summed E-state index contributed by atoms with van der Waals surface area (Å²) >= 11 is 18.0. The molecule has 0 radical (unpaired) electrons. The number of aromatic nitrogens is 3.